The minimum Gasteiger partial charge on any atom is -0.0837 e. The van der Waals surface area contributed by atoms with Gasteiger partial charge in [-0.25, -0.2) is 0 Å². The van der Waals surface area contributed by atoms with Crippen LogP contribution in [-0.2, 0) is 0 Å². The Kier molecular flexibility index (Phi) is 6.73. The summed E-state index contributed by atoms with van der Waals surface area (Å²) in [5.74, 6) is 1.60. The Bertz CT molecular complexity index is 484. The highest BCUT2D eigenvalue weighted by Gasteiger charge is 2.14. The molecule has 0 nitrogen and oxygen atoms in total. The highest BCUT2D eigenvalue weighted by molar-refractivity contribution is 5.32. The van der Waals surface area contributed by atoms with Crippen molar-refractivity contribution in [1.82, 2.24) is 0 Å². The fourth-order valence-corrected chi connectivity index (χ4v) is 3.72. The van der Waals surface area contributed by atoms with Gasteiger partial charge < -0.3 is 0 Å². The van der Waals surface area contributed by atoms with Crippen LogP contribution < -0.4 is 0 Å². The molecule has 0 saturated heterocycles. The highest BCUT2D eigenvalue weighted by Crippen LogP contribution is 2.31. The molecule has 2 rings (SSSR count). The third-order valence-corrected chi connectivity index (χ3v) is 5.37. The van der Waals surface area contributed by atoms with E-state index in [0.29, 0.717) is 0 Å². The third-order valence-electron chi connectivity index (χ3n) is 5.37. The Morgan fingerprint density at radius 2 is 2.05 bits per heavy atom. The van der Waals surface area contributed by atoms with E-state index in [1.54, 1.807) is 22.3 Å². The van der Waals surface area contributed by atoms with Gasteiger partial charge in [-0.1, -0.05) is 61.3 Å². The molecular weight excluding hydrogens is 264 g/mol. The first-order valence-electron chi connectivity index (χ1n) is 9.31. The molecule has 0 fully saturated rings. The summed E-state index contributed by atoms with van der Waals surface area (Å²) in [6, 6.07) is 0. The van der Waals surface area contributed by atoms with Crippen LogP contribution in [0.2, 0.25) is 0 Å². The molecule has 0 N–H and O–H groups in total. The number of hydrogen-bond donors (Lipinski definition) is 0. The van der Waals surface area contributed by atoms with Gasteiger partial charge in [0.25, 0.3) is 0 Å². The van der Waals surface area contributed by atoms with Crippen LogP contribution in [0.25, 0.3) is 0 Å². The fourth-order valence-electron chi connectivity index (χ4n) is 3.72. The summed E-state index contributed by atoms with van der Waals surface area (Å²) in [5, 5.41) is 0. The fraction of sp³-hybridized carbons (Fsp3) is 0.636. The maximum atomic E-state index is 2.47. The van der Waals surface area contributed by atoms with E-state index in [1.807, 2.05) is 0 Å². The molecule has 0 aliphatic heterocycles. The Labute approximate surface area is 138 Å². The van der Waals surface area contributed by atoms with E-state index < -0.39 is 0 Å². The van der Waals surface area contributed by atoms with Gasteiger partial charge in [0.05, 0.1) is 0 Å². The SMILES string of the molecule is CCC(CCCC1=CC(C)CC=C1)CC1=C(C)CCC(C)=C1. The van der Waals surface area contributed by atoms with Crippen molar-refractivity contribution in [2.75, 3.05) is 0 Å². The zero-order chi connectivity index (χ0) is 15.9. The van der Waals surface area contributed by atoms with Gasteiger partial charge in [-0.3, -0.25) is 0 Å². The lowest BCUT2D eigenvalue weighted by Crippen LogP contribution is -2.05. The minimum atomic E-state index is 0.741. The van der Waals surface area contributed by atoms with E-state index in [9.17, 15) is 0 Å². The van der Waals surface area contributed by atoms with Crippen molar-refractivity contribution < 1.29 is 0 Å². The van der Waals surface area contributed by atoms with Gasteiger partial charge in [0.1, 0.15) is 0 Å². The summed E-state index contributed by atoms with van der Waals surface area (Å²) in [6.45, 7) is 9.31. The number of rotatable bonds is 7. The molecular formula is C22H34. The molecule has 122 valence electrons. The minimum absolute atomic E-state index is 0.741. The summed E-state index contributed by atoms with van der Waals surface area (Å²) in [6.07, 6.45) is 20.0. The zero-order valence-corrected chi connectivity index (χ0v) is 15.1. The van der Waals surface area contributed by atoms with Gasteiger partial charge >= 0.3 is 0 Å². The van der Waals surface area contributed by atoms with Crippen LogP contribution in [0.1, 0.15) is 79.1 Å². The van der Waals surface area contributed by atoms with E-state index in [0.717, 1.165) is 11.8 Å². The lowest BCUT2D eigenvalue weighted by molar-refractivity contribution is 0.451. The Morgan fingerprint density at radius 3 is 2.77 bits per heavy atom. The topological polar surface area (TPSA) is 0 Å². The van der Waals surface area contributed by atoms with Crippen LogP contribution in [0, 0.1) is 11.8 Å². The van der Waals surface area contributed by atoms with E-state index in [2.05, 4.69) is 52.0 Å². The standard InChI is InChI=1S/C22H34/c1-5-20(16-22-15-18(3)12-13-19(22)4)9-7-11-21-10-6-8-17(2)14-21/h6,10,14-15,17,20H,5,7-9,11-13,16H2,1-4H3. The van der Waals surface area contributed by atoms with Crippen LogP contribution in [0.5, 0.6) is 0 Å². The van der Waals surface area contributed by atoms with Crippen LogP contribution in [0.3, 0.4) is 0 Å². The molecule has 0 aromatic heterocycles. The van der Waals surface area contributed by atoms with Crippen LogP contribution >= 0.6 is 0 Å². The summed E-state index contributed by atoms with van der Waals surface area (Å²) in [4.78, 5) is 0. The van der Waals surface area contributed by atoms with E-state index >= 15 is 0 Å². The summed E-state index contributed by atoms with van der Waals surface area (Å²) in [5.41, 5.74) is 6.41. The predicted octanol–water partition coefficient (Wildman–Crippen LogP) is 7.15. The highest BCUT2D eigenvalue weighted by atomic mass is 14.2. The molecule has 0 spiro atoms. The monoisotopic (exact) mass is 298 g/mol. The van der Waals surface area contributed by atoms with Gasteiger partial charge in [-0.2, -0.15) is 0 Å². The van der Waals surface area contributed by atoms with Crippen molar-refractivity contribution in [3.8, 4) is 0 Å². The van der Waals surface area contributed by atoms with Gasteiger partial charge in [-0.15, -0.1) is 0 Å². The molecule has 2 aliphatic rings. The molecule has 2 atom stereocenters. The number of hydrogen-bond acceptors (Lipinski definition) is 0. The first-order valence-corrected chi connectivity index (χ1v) is 9.31. The molecule has 0 heterocycles. The van der Waals surface area contributed by atoms with Crippen LogP contribution in [0.4, 0.5) is 0 Å². The smallest absolute Gasteiger partial charge is 0.0221 e. The molecule has 2 unspecified atom stereocenters. The van der Waals surface area contributed by atoms with Crippen molar-refractivity contribution in [1.29, 1.82) is 0 Å². The van der Waals surface area contributed by atoms with Crippen molar-refractivity contribution in [3.63, 3.8) is 0 Å². The van der Waals surface area contributed by atoms with Gasteiger partial charge in [0, 0.05) is 0 Å². The van der Waals surface area contributed by atoms with Crippen molar-refractivity contribution in [2.24, 2.45) is 11.8 Å². The quantitative estimate of drug-likeness (QED) is 0.468. The van der Waals surface area contributed by atoms with E-state index in [4.69, 9.17) is 0 Å². The molecule has 0 heteroatoms. The summed E-state index contributed by atoms with van der Waals surface area (Å²) in [7, 11) is 0. The van der Waals surface area contributed by atoms with Crippen molar-refractivity contribution in [2.45, 2.75) is 79.1 Å². The summed E-state index contributed by atoms with van der Waals surface area (Å²) < 4.78 is 0. The second-order valence-electron chi connectivity index (χ2n) is 7.52. The second-order valence-corrected chi connectivity index (χ2v) is 7.52. The average molecular weight is 299 g/mol. The molecule has 0 radical (unpaired) electrons. The van der Waals surface area contributed by atoms with Gasteiger partial charge in [0.15, 0.2) is 0 Å². The molecule has 0 aromatic carbocycles. The Morgan fingerprint density at radius 1 is 1.23 bits per heavy atom. The summed E-state index contributed by atoms with van der Waals surface area (Å²) >= 11 is 0. The second kappa shape index (κ2) is 8.56. The largest absolute Gasteiger partial charge is 0.0837 e. The molecule has 0 aromatic rings. The van der Waals surface area contributed by atoms with E-state index in [-0.39, 0.29) is 0 Å². The molecule has 22 heavy (non-hydrogen) atoms. The van der Waals surface area contributed by atoms with Gasteiger partial charge in [0.2, 0.25) is 0 Å². The average Bonchev–Trinajstić information content (AvgIpc) is 2.50. The van der Waals surface area contributed by atoms with Crippen molar-refractivity contribution >= 4 is 0 Å². The first kappa shape index (κ1) is 17.3. The van der Waals surface area contributed by atoms with Crippen LogP contribution in [-0.4, -0.2) is 0 Å². The maximum Gasteiger partial charge on any atom is -0.0221 e. The lowest BCUT2D eigenvalue weighted by Gasteiger charge is -2.21. The zero-order valence-electron chi connectivity index (χ0n) is 15.1. The predicted molar refractivity (Wildman–Crippen MR) is 98.9 cm³/mol. The third kappa shape index (κ3) is 5.30. The van der Waals surface area contributed by atoms with Crippen LogP contribution in [0.15, 0.2) is 46.6 Å². The first-order chi connectivity index (χ1) is 10.6. The number of allylic oxidation sites excluding steroid dienone is 8. The molecule has 0 bridgehead atoms. The van der Waals surface area contributed by atoms with Gasteiger partial charge in [-0.05, 0) is 76.2 Å². The maximum absolute atomic E-state index is 2.47. The Hall–Kier alpha value is -1.04. The normalized spacial score (nSPS) is 23.4. The lowest BCUT2D eigenvalue weighted by atomic mass is 9.84. The van der Waals surface area contributed by atoms with E-state index in [1.165, 1.54) is 51.4 Å². The van der Waals surface area contributed by atoms with Crippen molar-refractivity contribution in [3.05, 3.63) is 46.6 Å². The molecule has 0 amide bonds. The Balaban J connectivity index is 1.81. The molecule has 2 aliphatic carbocycles. The molecule has 0 saturated carbocycles.